The molecule has 136 valence electrons. The van der Waals surface area contributed by atoms with Crippen LogP contribution >= 0.6 is 11.6 Å². The van der Waals surface area contributed by atoms with Crippen LogP contribution in [0.5, 0.6) is 0 Å². The van der Waals surface area contributed by atoms with Gasteiger partial charge >= 0.3 is 5.97 Å². The van der Waals surface area contributed by atoms with Gasteiger partial charge in [0.2, 0.25) is 0 Å². The molecule has 7 heteroatoms. The zero-order valence-corrected chi connectivity index (χ0v) is 16.2. The van der Waals surface area contributed by atoms with Gasteiger partial charge in [0.15, 0.2) is 5.58 Å². The minimum atomic E-state index is -1.67. The standard InChI is InChI=1S/C19H18ClNO4S/c1-4-24-18(22)19(2,3)26(23)15-7-5-6-14-16(15)17(21-25-14)12-8-10-13(20)11-9-12/h5-11H,4H2,1-3H3. The predicted molar refractivity (Wildman–Crippen MR) is 102 cm³/mol. The molecule has 0 aliphatic carbocycles. The average molecular weight is 392 g/mol. The Morgan fingerprint density at radius 3 is 2.58 bits per heavy atom. The van der Waals surface area contributed by atoms with Crippen LogP contribution in [-0.4, -0.2) is 26.7 Å². The Morgan fingerprint density at radius 1 is 1.23 bits per heavy atom. The predicted octanol–water partition coefficient (Wildman–Crippen LogP) is 4.60. The molecule has 1 unspecified atom stereocenters. The number of ether oxygens (including phenoxy) is 1. The third-order valence-corrected chi connectivity index (χ3v) is 6.09. The Labute approximate surface area is 158 Å². The first-order chi connectivity index (χ1) is 12.4. The van der Waals surface area contributed by atoms with E-state index in [0.29, 0.717) is 26.6 Å². The van der Waals surface area contributed by atoms with E-state index in [9.17, 15) is 9.00 Å². The maximum absolute atomic E-state index is 13.3. The molecule has 3 aromatic rings. The van der Waals surface area contributed by atoms with Gasteiger partial charge in [0.25, 0.3) is 0 Å². The van der Waals surface area contributed by atoms with Gasteiger partial charge in [-0.1, -0.05) is 35.0 Å². The molecule has 5 nitrogen and oxygen atoms in total. The topological polar surface area (TPSA) is 69.4 Å². The van der Waals surface area contributed by atoms with E-state index in [1.807, 2.05) is 12.1 Å². The molecule has 26 heavy (non-hydrogen) atoms. The van der Waals surface area contributed by atoms with Crippen molar-refractivity contribution in [1.82, 2.24) is 5.16 Å². The molecule has 0 spiro atoms. The van der Waals surface area contributed by atoms with Crippen molar-refractivity contribution < 1.29 is 18.3 Å². The third kappa shape index (κ3) is 3.27. The van der Waals surface area contributed by atoms with Crippen LogP contribution in [-0.2, 0) is 20.3 Å². The SMILES string of the molecule is CCOC(=O)C(C)(C)S(=O)c1cccc2onc(-c3ccc(Cl)cc3)c12. The number of hydrogen-bond donors (Lipinski definition) is 0. The first-order valence-corrected chi connectivity index (χ1v) is 9.62. The number of carbonyl (C=O) groups excluding carboxylic acids is 1. The molecule has 0 amide bonds. The van der Waals surface area contributed by atoms with Crippen LogP contribution in [0.3, 0.4) is 0 Å². The average Bonchev–Trinajstić information content (AvgIpc) is 3.06. The third-order valence-electron chi connectivity index (χ3n) is 4.01. The summed E-state index contributed by atoms with van der Waals surface area (Å²) in [4.78, 5) is 12.8. The molecule has 0 aliphatic rings. The first kappa shape index (κ1) is 18.6. The second kappa shape index (κ2) is 7.21. The van der Waals surface area contributed by atoms with Gasteiger partial charge in [0.05, 0.1) is 27.7 Å². The van der Waals surface area contributed by atoms with Crippen molar-refractivity contribution in [2.45, 2.75) is 30.4 Å². The number of fused-ring (bicyclic) bond motifs is 1. The second-order valence-electron chi connectivity index (χ2n) is 6.17. The van der Waals surface area contributed by atoms with Crippen LogP contribution in [0.4, 0.5) is 0 Å². The molecule has 2 aromatic carbocycles. The van der Waals surface area contributed by atoms with Crippen molar-refractivity contribution in [2.24, 2.45) is 0 Å². The summed E-state index contributed by atoms with van der Waals surface area (Å²) in [6, 6.07) is 12.3. The van der Waals surface area contributed by atoms with Crippen LogP contribution in [0.15, 0.2) is 51.9 Å². The van der Waals surface area contributed by atoms with E-state index in [1.54, 1.807) is 51.1 Å². The molecule has 1 aromatic heterocycles. The van der Waals surface area contributed by atoms with Gasteiger partial charge in [-0.05, 0) is 45.0 Å². The Bertz CT molecular complexity index is 979. The molecule has 1 heterocycles. The number of nitrogens with zero attached hydrogens (tertiary/aromatic N) is 1. The highest BCUT2D eigenvalue weighted by molar-refractivity contribution is 7.87. The maximum Gasteiger partial charge on any atom is 0.324 e. The van der Waals surface area contributed by atoms with E-state index in [-0.39, 0.29) is 6.61 Å². The molecule has 0 fully saturated rings. The van der Waals surface area contributed by atoms with Gasteiger partial charge in [0, 0.05) is 10.6 Å². The Kier molecular flexibility index (Phi) is 5.16. The smallest absolute Gasteiger partial charge is 0.324 e. The van der Waals surface area contributed by atoms with E-state index in [4.69, 9.17) is 20.9 Å². The van der Waals surface area contributed by atoms with Gasteiger partial charge in [-0.15, -0.1) is 0 Å². The van der Waals surface area contributed by atoms with Crippen LogP contribution < -0.4 is 0 Å². The molecule has 0 radical (unpaired) electrons. The van der Waals surface area contributed by atoms with Crippen molar-refractivity contribution in [3.63, 3.8) is 0 Å². The van der Waals surface area contributed by atoms with Crippen molar-refractivity contribution in [3.05, 3.63) is 47.5 Å². The number of rotatable bonds is 5. The molecule has 0 bridgehead atoms. The Balaban J connectivity index is 2.15. The van der Waals surface area contributed by atoms with Gasteiger partial charge in [-0.3, -0.25) is 9.00 Å². The lowest BCUT2D eigenvalue weighted by Gasteiger charge is -2.22. The second-order valence-corrected chi connectivity index (χ2v) is 8.60. The summed E-state index contributed by atoms with van der Waals surface area (Å²) in [6.07, 6.45) is 0. The highest BCUT2D eigenvalue weighted by atomic mass is 35.5. The summed E-state index contributed by atoms with van der Waals surface area (Å²) >= 11 is 5.95. The molecular weight excluding hydrogens is 374 g/mol. The van der Waals surface area contributed by atoms with Crippen LogP contribution in [0.1, 0.15) is 20.8 Å². The largest absolute Gasteiger partial charge is 0.465 e. The number of aromatic nitrogens is 1. The minimum Gasteiger partial charge on any atom is -0.465 e. The van der Waals surface area contributed by atoms with E-state index >= 15 is 0 Å². The van der Waals surface area contributed by atoms with Crippen LogP contribution in [0, 0.1) is 0 Å². The number of hydrogen-bond acceptors (Lipinski definition) is 5. The fraction of sp³-hybridized carbons (Fsp3) is 0.263. The van der Waals surface area contributed by atoms with Crippen LogP contribution in [0.25, 0.3) is 22.2 Å². The Morgan fingerprint density at radius 2 is 1.92 bits per heavy atom. The summed E-state index contributed by atoms with van der Waals surface area (Å²) in [5, 5.41) is 5.35. The zero-order chi connectivity index (χ0) is 18.9. The molecule has 3 rings (SSSR count). The van der Waals surface area contributed by atoms with Gasteiger partial charge in [-0.2, -0.15) is 0 Å². The molecule has 0 N–H and O–H groups in total. The van der Waals surface area contributed by atoms with E-state index in [1.165, 1.54) is 0 Å². The Hall–Kier alpha value is -2.18. The summed E-state index contributed by atoms with van der Waals surface area (Å²) in [5.41, 5.74) is 1.84. The van der Waals surface area contributed by atoms with Crippen molar-refractivity contribution in [3.8, 4) is 11.3 Å². The van der Waals surface area contributed by atoms with Gasteiger partial charge < -0.3 is 9.26 Å². The molecule has 0 aliphatic heterocycles. The lowest BCUT2D eigenvalue weighted by molar-refractivity contribution is -0.145. The van der Waals surface area contributed by atoms with E-state index in [2.05, 4.69) is 5.16 Å². The number of esters is 1. The highest BCUT2D eigenvalue weighted by Gasteiger charge is 2.38. The monoisotopic (exact) mass is 391 g/mol. The molecule has 0 saturated carbocycles. The minimum absolute atomic E-state index is 0.229. The van der Waals surface area contributed by atoms with Crippen molar-refractivity contribution >= 4 is 39.3 Å². The van der Waals surface area contributed by atoms with Crippen LogP contribution in [0.2, 0.25) is 5.02 Å². The van der Waals surface area contributed by atoms with Crippen molar-refractivity contribution in [2.75, 3.05) is 6.61 Å². The first-order valence-electron chi connectivity index (χ1n) is 8.09. The molecular formula is C19H18ClNO4S. The lowest BCUT2D eigenvalue weighted by atomic mass is 10.1. The number of benzene rings is 2. The lowest BCUT2D eigenvalue weighted by Crippen LogP contribution is -2.38. The summed E-state index contributed by atoms with van der Waals surface area (Å²) in [6.45, 7) is 5.16. The summed E-state index contributed by atoms with van der Waals surface area (Å²) in [7, 11) is -1.67. The summed E-state index contributed by atoms with van der Waals surface area (Å²) < 4.78 is 22.5. The van der Waals surface area contributed by atoms with E-state index in [0.717, 1.165) is 5.56 Å². The van der Waals surface area contributed by atoms with Crippen molar-refractivity contribution in [1.29, 1.82) is 0 Å². The summed E-state index contributed by atoms with van der Waals surface area (Å²) in [5.74, 6) is -0.514. The molecule has 0 saturated heterocycles. The number of halogens is 1. The van der Waals surface area contributed by atoms with Gasteiger partial charge in [0.1, 0.15) is 10.4 Å². The van der Waals surface area contributed by atoms with E-state index < -0.39 is 21.5 Å². The zero-order valence-electron chi connectivity index (χ0n) is 14.6. The fourth-order valence-corrected chi connectivity index (χ4v) is 4.05. The highest BCUT2D eigenvalue weighted by Crippen LogP contribution is 2.35. The number of carbonyl (C=O) groups is 1. The molecule has 1 atom stereocenters. The quantitative estimate of drug-likeness (QED) is 0.594. The van der Waals surface area contributed by atoms with Gasteiger partial charge in [-0.25, -0.2) is 0 Å². The maximum atomic E-state index is 13.3. The normalized spacial score (nSPS) is 12.9. The fourth-order valence-electron chi connectivity index (χ4n) is 2.58.